The van der Waals surface area contributed by atoms with E-state index in [-0.39, 0.29) is 23.6 Å². The Balaban J connectivity index is 2.02. The van der Waals surface area contributed by atoms with E-state index >= 15 is 0 Å². The van der Waals surface area contributed by atoms with Gasteiger partial charge < -0.3 is 14.5 Å². The largest absolute Gasteiger partial charge is 0.461 e. The summed E-state index contributed by atoms with van der Waals surface area (Å²) in [6.07, 6.45) is 2.43. The minimum absolute atomic E-state index is 0.105. The number of Topliss-reactive ketones (excluding diaryl/α,β-unsaturated/α-hetero) is 1. The summed E-state index contributed by atoms with van der Waals surface area (Å²) in [6, 6.07) is 5.72. The van der Waals surface area contributed by atoms with E-state index in [4.69, 9.17) is 9.47 Å². The van der Waals surface area contributed by atoms with Crippen LogP contribution in [0, 0.1) is 24.0 Å². The lowest BCUT2D eigenvalue weighted by molar-refractivity contribution is -0.384. The third-order valence-corrected chi connectivity index (χ3v) is 4.03. The lowest BCUT2D eigenvalue weighted by Crippen LogP contribution is -2.14. The number of nitro groups is 1. The highest BCUT2D eigenvalue weighted by molar-refractivity contribution is 6.04. The van der Waals surface area contributed by atoms with Crippen molar-refractivity contribution in [3.05, 3.63) is 68.5 Å². The maximum atomic E-state index is 12.4. The van der Waals surface area contributed by atoms with Crippen molar-refractivity contribution in [2.45, 2.75) is 20.8 Å². The number of aryl methyl sites for hydroxylation is 1. The van der Waals surface area contributed by atoms with E-state index in [1.807, 2.05) is 0 Å². The first-order chi connectivity index (χ1) is 13.7. The normalized spacial score (nSPS) is 10.7. The van der Waals surface area contributed by atoms with Gasteiger partial charge >= 0.3 is 11.9 Å². The van der Waals surface area contributed by atoms with E-state index in [0.717, 1.165) is 6.08 Å². The fraction of sp³-hybridized carbons (Fsp3) is 0.250. The van der Waals surface area contributed by atoms with E-state index in [9.17, 15) is 24.5 Å². The Kier molecular flexibility index (Phi) is 7.02. The molecule has 1 heterocycles. The van der Waals surface area contributed by atoms with Crippen LogP contribution in [0.25, 0.3) is 6.08 Å². The van der Waals surface area contributed by atoms with Gasteiger partial charge in [-0.25, -0.2) is 9.59 Å². The summed E-state index contributed by atoms with van der Waals surface area (Å²) in [5.74, 6) is -1.81. The predicted octanol–water partition coefficient (Wildman–Crippen LogP) is 3.16. The molecule has 1 aromatic heterocycles. The zero-order valence-corrected chi connectivity index (χ0v) is 16.2. The number of benzene rings is 1. The van der Waals surface area contributed by atoms with Gasteiger partial charge in [-0.05, 0) is 38.0 Å². The van der Waals surface area contributed by atoms with Crippen LogP contribution in [0.4, 0.5) is 5.69 Å². The van der Waals surface area contributed by atoms with E-state index in [2.05, 4.69) is 4.98 Å². The van der Waals surface area contributed by atoms with Gasteiger partial charge in [0.2, 0.25) is 5.78 Å². The third-order valence-electron chi connectivity index (χ3n) is 4.03. The number of hydrogen-bond donors (Lipinski definition) is 1. The molecule has 0 atom stereocenters. The molecule has 0 aliphatic heterocycles. The number of aromatic amines is 1. The standard InChI is InChI=1S/C20H20N2O7/c1-4-28-20(25)19-12(2)18(13(3)21-19)16(23)11-29-17(24)9-8-14-6-5-7-15(10-14)22(26)27/h5-10,21H,4,11H2,1-3H3/b9-8+. The summed E-state index contributed by atoms with van der Waals surface area (Å²) in [7, 11) is 0. The van der Waals surface area contributed by atoms with Crippen LogP contribution in [0.2, 0.25) is 0 Å². The van der Waals surface area contributed by atoms with Crippen LogP contribution >= 0.6 is 0 Å². The first-order valence-electron chi connectivity index (χ1n) is 8.73. The maximum Gasteiger partial charge on any atom is 0.355 e. The second-order valence-electron chi connectivity index (χ2n) is 6.06. The summed E-state index contributed by atoms with van der Waals surface area (Å²) >= 11 is 0. The number of nitro benzene ring substituents is 1. The Labute approximate surface area is 166 Å². The van der Waals surface area contributed by atoms with Gasteiger partial charge in [0.25, 0.3) is 5.69 Å². The zero-order chi connectivity index (χ0) is 21.6. The molecule has 0 radical (unpaired) electrons. The van der Waals surface area contributed by atoms with E-state index in [1.165, 1.54) is 24.3 Å². The minimum Gasteiger partial charge on any atom is -0.461 e. The van der Waals surface area contributed by atoms with Crippen molar-refractivity contribution in [2.75, 3.05) is 13.2 Å². The van der Waals surface area contributed by atoms with Crippen molar-refractivity contribution in [1.82, 2.24) is 4.98 Å². The molecule has 1 N–H and O–H groups in total. The van der Waals surface area contributed by atoms with Crippen LogP contribution in [-0.2, 0) is 14.3 Å². The quantitative estimate of drug-likeness (QED) is 0.237. The monoisotopic (exact) mass is 400 g/mol. The van der Waals surface area contributed by atoms with Crippen molar-refractivity contribution < 1.29 is 28.8 Å². The van der Waals surface area contributed by atoms with E-state index in [0.29, 0.717) is 16.8 Å². The lowest BCUT2D eigenvalue weighted by atomic mass is 10.1. The minimum atomic E-state index is -0.777. The van der Waals surface area contributed by atoms with Gasteiger partial charge in [-0.2, -0.15) is 0 Å². The van der Waals surface area contributed by atoms with Crippen LogP contribution in [0.1, 0.15) is 44.6 Å². The summed E-state index contributed by atoms with van der Waals surface area (Å²) in [6.45, 7) is 4.60. The number of ketones is 1. The number of ether oxygens (including phenoxy) is 2. The molecule has 0 saturated heterocycles. The Hall–Kier alpha value is -3.75. The molecule has 9 nitrogen and oxygen atoms in total. The van der Waals surface area contributed by atoms with Crippen molar-refractivity contribution >= 4 is 29.5 Å². The van der Waals surface area contributed by atoms with Crippen LogP contribution in [0.15, 0.2) is 30.3 Å². The molecule has 152 valence electrons. The number of nitrogens with zero attached hydrogens (tertiary/aromatic N) is 1. The summed E-state index contributed by atoms with van der Waals surface area (Å²) < 4.78 is 9.88. The van der Waals surface area contributed by atoms with Gasteiger partial charge in [0.1, 0.15) is 5.69 Å². The van der Waals surface area contributed by atoms with Gasteiger partial charge in [-0.3, -0.25) is 14.9 Å². The van der Waals surface area contributed by atoms with Gasteiger partial charge in [0.15, 0.2) is 6.61 Å². The molecule has 0 aliphatic rings. The summed E-state index contributed by atoms with van der Waals surface area (Å²) in [4.78, 5) is 49.2. The fourth-order valence-electron chi connectivity index (χ4n) is 2.74. The van der Waals surface area contributed by atoms with E-state index in [1.54, 1.807) is 26.8 Å². The molecule has 1 aromatic carbocycles. The Bertz CT molecular complexity index is 989. The van der Waals surface area contributed by atoms with Crippen molar-refractivity contribution in [3.8, 4) is 0 Å². The Morgan fingerprint density at radius 1 is 1.21 bits per heavy atom. The topological polar surface area (TPSA) is 129 Å². The molecule has 29 heavy (non-hydrogen) atoms. The predicted molar refractivity (Wildman–Crippen MR) is 104 cm³/mol. The Morgan fingerprint density at radius 3 is 2.59 bits per heavy atom. The molecule has 0 bridgehead atoms. The number of H-pyrrole nitrogens is 1. The van der Waals surface area contributed by atoms with Crippen LogP contribution in [0.3, 0.4) is 0 Å². The molecule has 0 fully saturated rings. The average Bonchev–Trinajstić information content (AvgIpc) is 2.99. The molecule has 2 rings (SSSR count). The number of carbonyl (C=O) groups excluding carboxylic acids is 3. The average molecular weight is 400 g/mol. The Morgan fingerprint density at radius 2 is 1.93 bits per heavy atom. The van der Waals surface area contributed by atoms with Crippen molar-refractivity contribution in [2.24, 2.45) is 0 Å². The number of hydrogen-bond acceptors (Lipinski definition) is 7. The van der Waals surface area contributed by atoms with Crippen LogP contribution in [0.5, 0.6) is 0 Å². The molecule has 0 saturated carbocycles. The molecule has 0 unspecified atom stereocenters. The van der Waals surface area contributed by atoms with Gasteiger partial charge in [-0.15, -0.1) is 0 Å². The molecule has 2 aromatic rings. The van der Waals surface area contributed by atoms with Crippen LogP contribution < -0.4 is 0 Å². The third kappa shape index (κ3) is 5.38. The smallest absolute Gasteiger partial charge is 0.355 e. The van der Waals surface area contributed by atoms with Crippen molar-refractivity contribution in [3.63, 3.8) is 0 Å². The van der Waals surface area contributed by atoms with Crippen molar-refractivity contribution in [1.29, 1.82) is 0 Å². The number of esters is 2. The van der Waals surface area contributed by atoms with Crippen LogP contribution in [-0.4, -0.2) is 40.8 Å². The van der Waals surface area contributed by atoms with Gasteiger partial charge in [-0.1, -0.05) is 12.1 Å². The maximum absolute atomic E-state index is 12.4. The fourth-order valence-corrected chi connectivity index (χ4v) is 2.74. The highest BCUT2D eigenvalue weighted by Gasteiger charge is 2.23. The van der Waals surface area contributed by atoms with E-state index < -0.39 is 29.3 Å². The van der Waals surface area contributed by atoms with Gasteiger partial charge in [0.05, 0.1) is 11.5 Å². The highest BCUT2D eigenvalue weighted by Crippen LogP contribution is 2.20. The summed E-state index contributed by atoms with van der Waals surface area (Å²) in [5.41, 5.74) is 1.69. The number of nitrogens with one attached hydrogen (secondary N) is 1. The first-order valence-corrected chi connectivity index (χ1v) is 8.73. The number of rotatable bonds is 8. The molecule has 0 spiro atoms. The molecular weight excluding hydrogens is 380 g/mol. The first kappa shape index (κ1) is 21.5. The number of non-ortho nitro benzene ring substituents is 1. The molecular formula is C20H20N2O7. The molecule has 0 aliphatic carbocycles. The zero-order valence-electron chi connectivity index (χ0n) is 16.2. The number of carbonyl (C=O) groups is 3. The molecule has 0 amide bonds. The summed E-state index contributed by atoms with van der Waals surface area (Å²) in [5, 5.41) is 10.8. The van der Waals surface area contributed by atoms with Gasteiger partial charge in [0, 0.05) is 29.5 Å². The second kappa shape index (κ2) is 9.45. The SMILES string of the molecule is CCOC(=O)c1[nH]c(C)c(C(=O)COC(=O)/C=C/c2cccc([N+](=O)[O-])c2)c1C. The number of aromatic nitrogens is 1. The second-order valence-corrected chi connectivity index (χ2v) is 6.06. The lowest BCUT2D eigenvalue weighted by Gasteiger charge is -2.04. The highest BCUT2D eigenvalue weighted by atomic mass is 16.6. The molecule has 9 heteroatoms.